The molecule has 2 nitrogen and oxygen atoms in total. The van der Waals surface area contributed by atoms with Crippen LogP contribution in [0.15, 0.2) is 30.3 Å². The molecular formula is C20H35NOSi. The molecule has 23 heavy (non-hydrogen) atoms. The van der Waals surface area contributed by atoms with Gasteiger partial charge >= 0.3 is 0 Å². The van der Waals surface area contributed by atoms with Crippen LogP contribution in [0, 0.1) is 0 Å². The minimum atomic E-state index is -1.49. The van der Waals surface area contributed by atoms with Gasteiger partial charge in [0.25, 0.3) is 0 Å². The fraction of sp³-hybridized carbons (Fsp3) is 0.700. The Hall–Kier alpha value is -0.643. The highest BCUT2D eigenvalue weighted by molar-refractivity contribution is 6.81. The van der Waals surface area contributed by atoms with Gasteiger partial charge in [0, 0.05) is 6.54 Å². The van der Waals surface area contributed by atoms with Crippen molar-refractivity contribution in [1.29, 1.82) is 0 Å². The lowest BCUT2D eigenvalue weighted by Crippen LogP contribution is -2.59. The van der Waals surface area contributed by atoms with Gasteiger partial charge in [0.2, 0.25) is 0 Å². The SMILES string of the molecule is CC(C)[Si](C(C)C)(C(C)C)N1CC[C@@H](OCc2ccccc2)C1. The van der Waals surface area contributed by atoms with Crippen LogP contribution in [0.3, 0.4) is 0 Å². The Morgan fingerprint density at radius 2 is 1.57 bits per heavy atom. The zero-order valence-electron chi connectivity index (χ0n) is 15.9. The van der Waals surface area contributed by atoms with E-state index in [2.05, 4.69) is 76.4 Å². The lowest BCUT2D eigenvalue weighted by Gasteiger charge is -2.49. The van der Waals surface area contributed by atoms with Gasteiger partial charge < -0.3 is 9.30 Å². The zero-order chi connectivity index (χ0) is 17.0. The summed E-state index contributed by atoms with van der Waals surface area (Å²) in [6.07, 6.45) is 1.59. The van der Waals surface area contributed by atoms with Crippen molar-refractivity contribution in [3.05, 3.63) is 35.9 Å². The number of ether oxygens (including phenoxy) is 1. The van der Waals surface area contributed by atoms with Gasteiger partial charge in [-0.05, 0) is 35.2 Å². The third-order valence-corrected chi connectivity index (χ3v) is 12.8. The van der Waals surface area contributed by atoms with Gasteiger partial charge in [-0.2, -0.15) is 0 Å². The minimum absolute atomic E-state index is 0.401. The fourth-order valence-electron chi connectivity index (χ4n) is 5.10. The standard InChI is InChI=1S/C20H35NOSi/c1-16(2)23(17(3)4,18(5)6)21-13-12-20(14-21)22-15-19-10-8-7-9-11-19/h7-11,16-18,20H,12-15H2,1-6H3/t20-/m1/s1. The number of hydrogen-bond donors (Lipinski definition) is 0. The van der Waals surface area contributed by atoms with Crippen molar-refractivity contribution in [3.63, 3.8) is 0 Å². The lowest BCUT2D eigenvalue weighted by molar-refractivity contribution is 0.0502. The average Bonchev–Trinajstić information content (AvgIpc) is 2.94. The summed E-state index contributed by atoms with van der Waals surface area (Å²) >= 11 is 0. The molecule has 1 aromatic carbocycles. The second-order valence-electron chi connectivity index (χ2n) is 8.00. The van der Waals surface area contributed by atoms with Crippen molar-refractivity contribution < 1.29 is 4.74 Å². The van der Waals surface area contributed by atoms with Gasteiger partial charge in [0.15, 0.2) is 0 Å². The molecule has 0 N–H and O–H groups in total. The first-order valence-electron chi connectivity index (χ1n) is 9.29. The van der Waals surface area contributed by atoms with Crippen LogP contribution >= 0.6 is 0 Å². The molecule has 1 aliphatic rings. The van der Waals surface area contributed by atoms with E-state index >= 15 is 0 Å². The summed E-state index contributed by atoms with van der Waals surface area (Å²) in [6, 6.07) is 10.6. The van der Waals surface area contributed by atoms with Gasteiger partial charge in [-0.3, -0.25) is 0 Å². The molecule has 2 rings (SSSR count). The molecule has 0 aromatic heterocycles. The van der Waals surface area contributed by atoms with Crippen LogP contribution in [-0.2, 0) is 11.3 Å². The average molecular weight is 334 g/mol. The molecule has 130 valence electrons. The van der Waals surface area contributed by atoms with Crippen LogP contribution in [-0.4, -0.2) is 32.0 Å². The van der Waals surface area contributed by atoms with Crippen molar-refractivity contribution in [2.75, 3.05) is 13.1 Å². The van der Waals surface area contributed by atoms with Crippen molar-refractivity contribution in [1.82, 2.24) is 4.57 Å². The van der Waals surface area contributed by atoms with E-state index in [1.54, 1.807) is 0 Å². The molecule has 0 spiro atoms. The normalized spacial score (nSPS) is 20.1. The van der Waals surface area contributed by atoms with E-state index < -0.39 is 8.24 Å². The number of rotatable bonds is 7. The molecule has 0 saturated carbocycles. The van der Waals surface area contributed by atoms with Gasteiger partial charge in [-0.25, -0.2) is 0 Å². The highest BCUT2D eigenvalue weighted by Gasteiger charge is 2.50. The first-order valence-corrected chi connectivity index (χ1v) is 11.5. The highest BCUT2D eigenvalue weighted by Crippen LogP contribution is 2.45. The number of hydrogen-bond acceptors (Lipinski definition) is 2. The molecule has 0 aliphatic carbocycles. The zero-order valence-corrected chi connectivity index (χ0v) is 16.9. The predicted molar refractivity (Wildman–Crippen MR) is 102 cm³/mol. The summed E-state index contributed by atoms with van der Waals surface area (Å²) in [4.78, 5) is 0. The summed E-state index contributed by atoms with van der Waals surface area (Å²) in [5.74, 6) is 0. The van der Waals surface area contributed by atoms with E-state index in [9.17, 15) is 0 Å². The smallest absolute Gasteiger partial charge is 0.136 e. The maximum atomic E-state index is 6.23. The maximum absolute atomic E-state index is 6.23. The molecule has 0 radical (unpaired) electrons. The summed E-state index contributed by atoms with van der Waals surface area (Å²) in [5.41, 5.74) is 3.65. The maximum Gasteiger partial charge on any atom is 0.136 e. The first kappa shape index (κ1) is 18.7. The van der Waals surface area contributed by atoms with Gasteiger partial charge in [-0.1, -0.05) is 71.9 Å². The molecule has 3 heteroatoms. The van der Waals surface area contributed by atoms with Crippen molar-refractivity contribution >= 4 is 8.24 Å². The second-order valence-corrected chi connectivity index (χ2v) is 13.9. The van der Waals surface area contributed by atoms with E-state index in [0.29, 0.717) is 6.10 Å². The van der Waals surface area contributed by atoms with E-state index in [1.165, 1.54) is 18.5 Å². The fourth-order valence-corrected chi connectivity index (χ4v) is 12.3. The van der Waals surface area contributed by atoms with E-state index in [4.69, 9.17) is 4.74 Å². The van der Waals surface area contributed by atoms with Gasteiger partial charge in [0.1, 0.15) is 8.24 Å². The van der Waals surface area contributed by atoms with Gasteiger partial charge in [-0.15, -0.1) is 0 Å². The molecule has 0 amide bonds. The Morgan fingerprint density at radius 3 is 2.09 bits per heavy atom. The molecule has 1 aromatic rings. The Balaban J connectivity index is 2.02. The lowest BCUT2D eigenvalue weighted by atomic mass is 10.2. The molecular weight excluding hydrogens is 298 g/mol. The van der Waals surface area contributed by atoms with Crippen LogP contribution in [0.25, 0.3) is 0 Å². The minimum Gasteiger partial charge on any atom is -0.372 e. The van der Waals surface area contributed by atoms with Crippen molar-refractivity contribution in [2.45, 2.75) is 77.3 Å². The first-order chi connectivity index (χ1) is 10.9. The molecule has 1 fully saturated rings. The Morgan fingerprint density at radius 1 is 1.00 bits per heavy atom. The summed E-state index contributed by atoms with van der Waals surface area (Å²) < 4.78 is 9.10. The predicted octanol–water partition coefficient (Wildman–Crippen LogP) is 5.45. The highest BCUT2D eigenvalue weighted by atomic mass is 28.3. The third kappa shape index (κ3) is 3.89. The molecule has 1 heterocycles. The number of nitrogens with zero attached hydrogens (tertiary/aromatic N) is 1. The molecule has 1 atom stereocenters. The topological polar surface area (TPSA) is 12.5 Å². The van der Waals surface area contributed by atoms with Crippen LogP contribution in [0.5, 0.6) is 0 Å². The Labute approximate surface area is 144 Å². The molecule has 0 bridgehead atoms. The quantitative estimate of drug-likeness (QED) is 0.615. The second kappa shape index (κ2) is 7.95. The summed E-state index contributed by atoms with van der Waals surface area (Å²) in [5, 5.41) is 0. The van der Waals surface area contributed by atoms with Crippen LogP contribution in [0.4, 0.5) is 0 Å². The summed E-state index contributed by atoms with van der Waals surface area (Å²) in [6.45, 7) is 17.8. The monoisotopic (exact) mass is 333 g/mol. The molecule has 1 aliphatic heterocycles. The summed E-state index contributed by atoms with van der Waals surface area (Å²) in [7, 11) is -1.49. The van der Waals surface area contributed by atoms with Gasteiger partial charge in [0.05, 0.1) is 12.7 Å². The van der Waals surface area contributed by atoms with Crippen LogP contribution < -0.4 is 0 Å². The van der Waals surface area contributed by atoms with E-state index in [-0.39, 0.29) is 0 Å². The Bertz CT molecular complexity index is 450. The van der Waals surface area contributed by atoms with E-state index in [1.807, 2.05) is 0 Å². The third-order valence-electron chi connectivity index (χ3n) is 5.80. The van der Waals surface area contributed by atoms with E-state index in [0.717, 1.165) is 29.8 Å². The number of benzene rings is 1. The molecule has 0 unspecified atom stereocenters. The van der Waals surface area contributed by atoms with Crippen molar-refractivity contribution in [3.8, 4) is 0 Å². The largest absolute Gasteiger partial charge is 0.372 e. The van der Waals surface area contributed by atoms with Crippen LogP contribution in [0.2, 0.25) is 16.6 Å². The molecule has 1 saturated heterocycles. The van der Waals surface area contributed by atoms with Crippen molar-refractivity contribution in [2.24, 2.45) is 0 Å². The Kier molecular flexibility index (Phi) is 6.46. The van der Waals surface area contributed by atoms with Crippen LogP contribution in [0.1, 0.15) is 53.5 Å².